The molecule has 1 N–H and O–H groups in total. The summed E-state index contributed by atoms with van der Waals surface area (Å²) in [5.41, 5.74) is 0. The molecule has 0 radical (unpaired) electrons. The molecule has 0 rings (SSSR count). The smallest absolute Gasteiger partial charge is 0.407 e. The van der Waals surface area contributed by atoms with E-state index in [-0.39, 0.29) is 17.8 Å². The fourth-order valence-electron chi connectivity index (χ4n) is 2.93. The Morgan fingerprint density at radius 1 is 0.786 bits per heavy atom. The van der Waals surface area contributed by atoms with Gasteiger partial charge in [0.1, 0.15) is 6.04 Å². The Balaban J connectivity index is 3.95. The number of rotatable bonds is 17. The van der Waals surface area contributed by atoms with Gasteiger partial charge in [-0.2, -0.15) is 0 Å². The fourth-order valence-corrected chi connectivity index (χ4v) is 2.93. The zero-order chi connectivity index (χ0) is 21.2. The predicted molar refractivity (Wildman–Crippen MR) is 115 cm³/mol. The summed E-state index contributed by atoms with van der Waals surface area (Å²) in [6.45, 7) is 10.9. The molecule has 0 spiro atoms. The second-order valence-corrected chi connectivity index (χ2v) is 8.35. The Labute approximate surface area is 173 Å². The molecule has 0 heterocycles. The first kappa shape index (κ1) is 26.7. The van der Waals surface area contributed by atoms with Gasteiger partial charge < -0.3 is 14.8 Å². The van der Waals surface area contributed by atoms with Crippen LogP contribution in [0.1, 0.15) is 105 Å². The lowest BCUT2D eigenvalue weighted by Crippen LogP contribution is -2.46. The molecule has 0 aromatic rings. The molecule has 0 aliphatic heterocycles. The van der Waals surface area contributed by atoms with Gasteiger partial charge in [0.25, 0.3) is 0 Å². The SMILES string of the molecule is CCCCCCCCCCCCOC(=O)C(NC(=O)OCC(C)C)C(C)CC. The molecule has 0 aromatic carbocycles. The number of nitrogens with one attached hydrogen (secondary N) is 1. The van der Waals surface area contributed by atoms with Crippen molar-refractivity contribution in [3.63, 3.8) is 0 Å². The van der Waals surface area contributed by atoms with Gasteiger partial charge in [-0.05, 0) is 18.3 Å². The van der Waals surface area contributed by atoms with Crippen molar-refractivity contribution in [2.75, 3.05) is 13.2 Å². The number of unbranched alkanes of at least 4 members (excludes halogenated alkanes) is 9. The normalized spacial score (nSPS) is 13.2. The maximum atomic E-state index is 12.4. The van der Waals surface area contributed by atoms with E-state index in [0.29, 0.717) is 13.2 Å². The van der Waals surface area contributed by atoms with Crippen LogP contribution in [0.25, 0.3) is 0 Å². The molecule has 5 heteroatoms. The van der Waals surface area contributed by atoms with E-state index in [2.05, 4.69) is 12.2 Å². The maximum Gasteiger partial charge on any atom is 0.407 e. The summed E-state index contributed by atoms with van der Waals surface area (Å²) in [6, 6.07) is -0.646. The van der Waals surface area contributed by atoms with Crippen LogP contribution in [0.2, 0.25) is 0 Å². The molecule has 2 atom stereocenters. The van der Waals surface area contributed by atoms with E-state index in [1.54, 1.807) is 0 Å². The molecular weight excluding hydrogens is 354 g/mol. The molecule has 1 amide bonds. The monoisotopic (exact) mass is 399 g/mol. The highest BCUT2D eigenvalue weighted by Gasteiger charge is 2.27. The average molecular weight is 400 g/mol. The van der Waals surface area contributed by atoms with E-state index < -0.39 is 12.1 Å². The first-order chi connectivity index (χ1) is 13.4. The van der Waals surface area contributed by atoms with Gasteiger partial charge in [-0.15, -0.1) is 0 Å². The molecule has 0 saturated heterocycles. The number of hydrogen-bond acceptors (Lipinski definition) is 4. The lowest BCUT2D eigenvalue weighted by Gasteiger charge is -2.22. The molecule has 28 heavy (non-hydrogen) atoms. The highest BCUT2D eigenvalue weighted by Crippen LogP contribution is 2.12. The first-order valence-electron chi connectivity index (χ1n) is 11.5. The molecule has 0 aliphatic carbocycles. The van der Waals surface area contributed by atoms with Crippen molar-refractivity contribution in [3.05, 3.63) is 0 Å². The minimum Gasteiger partial charge on any atom is -0.464 e. The zero-order valence-corrected chi connectivity index (χ0v) is 19.1. The van der Waals surface area contributed by atoms with E-state index in [1.807, 2.05) is 27.7 Å². The van der Waals surface area contributed by atoms with Gasteiger partial charge in [-0.25, -0.2) is 9.59 Å². The van der Waals surface area contributed by atoms with Gasteiger partial charge in [-0.3, -0.25) is 0 Å². The molecule has 0 fully saturated rings. The van der Waals surface area contributed by atoms with Gasteiger partial charge in [0.2, 0.25) is 0 Å². The molecule has 2 unspecified atom stereocenters. The topological polar surface area (TPSA) is 64.6 Å². The van der Waals surface area contributed by atoms with E-state index in [1.165, 1.54) is 51.4 Å². The highest BCUT2D eigenvalue weighted by molar-refractivity contribution is 5.81. The van der Waals surface area contributed by atoms with Crippen LogP contribution in [0.4, 0.5) is 4.79 Å². The molecule has 0 saturated carbocycles. The minimum absolute atomic E-state index is 0.00630. The fraction of sp³-hybridized carbons (Fsp3) is 0.913. The van der Waals surface area contributed by atoms with Gasteiger partial charge in [-0.1, -0.05) is 98.8 Å². The second-order valence-electron chi connectivity index (χ2n) is 8.35. The van der Waals surface area contributed by atoms with Crippen molar-refractivity contribution in [1.82, 2.24) is 5.32 Å². The highest BCUT2D eigenvalue weighted by atomic mass is 16.6. The third-order valence-electron chi connectivity index (χ3n) is 5.03. The summed E-state index contributed by atoms with van der Waals surface area (Å²) in [4.78, 5) is 24.3. The van der Waals surface area contributed by atoms with Crippen LogP contribution in [0.3, 0.4) is 0 Å². The number of esters is 1. The second kappa shape index (κ2) is 17.8. The van der Waals surface area contributed by atoms with E-state index in [9.17, 15) is 9.59 Å². The summed E-state index contributed by atoms with van der Waals surface area (Å²) in [5, 5.41) is 2.68. The Morgan fingerprint density at radius 3 is 1.82 bits per heavy atom. The van der Waals surface area contributed by atoms with E-state index >= 15 is 0 Å². The van der Waals surface area contributed by atoms with Crippen molar-refractivity contribution in [1.29, 1.82) is 0 Å². The van der Waals surface area contributed by atoms with Gasteiger partial charge in [0.05, 0.1) is 13.2 Å². The zero-order valence-electron chi connectivity index (χ0n) is 19.1. The van der Waals surface area contributed by atoms with Crippen LogP contribution in [0.15, 0.2) is 0 Å². The van der Waals surface area contributed by atoms with Crippen LogP contribution in [-0.4, -0.2) is 31.3 Å². The molecule has 0 bridgehead atoms. The Hall–Kier alpha value is -1.26. The maximum absolute atomic E-state index is 12.4. The van der Waals surface area contributed by atoms with Crippen molar-refractivity contribution in [2.45, 2.75) is 111 Å². The van der Waals surface area contributed by atoms with Gasteiger partial charge >= 0.3 is 12.1 Å². The first-order valence-corrected chi connectivity index (χ1v) is 11.5. The summed E-state index contributed by atoms with van der Waals surface area (Å²) in [6.07, 6.45) is 12.7. The Kier molecular flexibility index (Phi) is 17.0. The van der Waals surface area contributed by atoms with Crippen LogP contribution in [0.5, 0.6) is 0 Å². The summed E-state index contributed by atoms with van der Waals surface area (Å²) < 4.78 is 10.5. The van der Waals surface area contributed by atoms with Crippen LogP contribution >= 0.6 is 0 Å². The lowest BCUT2D eigenvalue weighted by atomic mass is 9.99. The van der Waals surface area contributed by atoms with Gasteiger partial charge in [0.15, 0.2) is 0 Å². The van der Waals surface area contributed by atoms with E-state index in [4.69, 9.17) is 9.47 Å². The number of carbonyl (C=O) groups excluding carboxylic acids is 2. The number of ether oxygens (including phenoxy) is 2. The van der Waals surface area contributed by atoms with Crippen molar-refractivity contribution in [3.8, 4) is 0 Å². The number of alkyl carbamates (subject to hydrolysis) is 1. The third kappa shape index (κ3) is 14.8. The summed E-state index contributed by atoms with van der Waals surface area (Å²) in [7, 11) is 0. The molecule has 0 aliphatic rings. The molecule has 166 valence electrons. The van der Waals surface area contributed by atoms with E-state index in [0.717, 1.165) is 19.3 Å². The Morgan fingerprint density at radius 2 is 1.32 bits per heavy atom. The summed E-state index contributed by atoms with van der Waals surface area (Å²) in [5.74, 6) is -0.0883. The van der Waals surface area contributed by atoms with Gasteiger partial charge in [0, 0.05) is 0 Å². The molecule has 5 nitrogen and oxygen atoms in total. The van der Waals surface area contributed by atoms with Crippen LogP contribution in [0, 0.1) is 11.8 Å². The minimum atomic E-state index is -0.646. The predicted octanol–water partition coefficient (Wildman–Crippen LogP) is 6.25. The summed E-state index contributed by atoms with van der Waals surface area (Å²) >= 11 is 0. The number of hydrogen-bond donors (Lipinski definition) is 1. The quantitative estimate of drug-likeness (QED) is 0.232. The van der Waals surface area contributed by atoms with Crippen LogP contribution < -0.4 is 5.32 Å². The molecule has 0 aromatic heterocycles. The molecular formula is C23H45NO4. The van der Waals surface area contributed by atoms with Crippen LogP contribution in [-0.2, 0) is 14.3 Å². The third-order valence-corrected chi connectivity index (χ3v) is 5.03. The van der Waals surface area contributed by atoms with Crippen molar-refractivity contribution >= 4 is 12.1 Å². The van der Waals surface area contributed by atoms with Crippen molar-refractivity contribution < 1.29 is 19.1 Å². The largest absolute Gasteiger partial charge is 0.464 e. The standard InChI is InChI=1S/C23H45NO4/c1-6-8-9-10-11-12-13-14-15-16-17-27-22(25)21(20(5)7-2)24-23(26)28-18-19(3)4/h19-21H,6-18H2,1-5H3,(H,24,26). The number of carbonyl (C=O) groups is 2. The lowest BCUT2D eigenvalue weighted by molar-refractivity contribution is -0.147. The van der Waals surface area contributed by atoms with Crippen molar-refractivity contribution in [2.24, 2.45) is 11.8 Å². The Bertz CT molecular complexity index is 398. The number of amides is 1. The average Bonchev–Trinajstić information content (AvgIpc) is 2.67.